The van der Waals surface area contributed by atoms with Gasteiger partial charge in [0.1, 0.15) is 5.41 Å². The van der Waals surface area contributed by atoms with Crippen molar-refractivity contribution in [1.82, 2.24) is 9.97 Å². The molecule has 0 saturated carbocycles. The van der Waals surface area contributed by atoms with Crippen LogP contribution in [0.2, 0.25) is 4.34 Å². The highest BCUT2D eigenvalue weighted by molar-refractivity contribution is 7.16. The highest BCUT2D eigenvalue weighted by Crippen LogP contribution is 2.41. The molecule has 2 aromatic carbocycles. The van der Waals surface area contributed by atoms with Gasteiger partial charge < -0.3 is 10.1 Å². The maximum Gasteiger partial charge on any atom is 0.319 e. The van der Waals surface area contributed by atoms with Crippen molar-refractivity contribution in [2.24, 2.45) is 0 Å². The van der Waals surface area contributed by atoms with E-state index in [1.807, 2.05) is 48.5 Å². The second-order valence-corrected chi connectivity index (χ2v) is 7.83. The number of carboxylic acid groups (broad SMARTS) is 1. The number of carboxylic acids is 1. The quantitative estimate of drug-likeness (QED) is 0.516. The van der Waals surface area contributed by atoms with Gasteiger partial charge in [-0.15, -0.1) is 11.3 Å². The molecule has 2 aromatic heterocycles. The third-order valence-corrected chi connectivity index (χ3v) is 5.98. The number of aromatic amines is 1. The molecular formula is C20H15ClN2O2S. The average molecular weight is 383 g/mol. The molecule has 4 rings (SSSR count). The fraction of sp³-hybridized carbons (Fsp3) is 0.100. The lowest BCUT2D eigenvalue weighted by atomic mass is 9.74. The van der Waals surface area contributed by atoms with E-state index < -0.39 is 11.4 Å². The molecule has 2 heterocycles. The lowest BCUT2D eigenvalue weighted by molar-refractivity contribution is -0.142. The van der Waals surface area contributed by atoms with Crippen molar-refractivity contribution in [2.45, 2.75) is 11.8 Å². The zero-order chi connectivity index (χ0) is 18.1. The second-order valence-electron chi connectivity index (χ2n) is 6.11. The van der Waals surface area contributed by atoms with Gasteiger partial charge in [0.25, 0.3) is 0 Å². The summed E-state index contributed by atoms with van der Waals surface area (Å²) in [5.41, 5.74) is 2.01. The maximum atomic E-state index is 12.6. The molecule has 0 bridgehead atoms. The number of aromatic nitrogens is 2. The molecule has 4 nitrogen and oxygen atoms in total. The predicted octanol–water partition coefficient (Wildman–Crippen LogP) is 4.89. The minimum Gasteiger partial charge on any atom is -0.480 e. The molecule has 130 valence electrons. The zero-order valence-corrected chi connectivity index (χ0v) is 15.2. The molecule has 0 spiro atoms. The first-order chi connectivity index (χ1) is 12.6. The number of halogens is 1. The van der Waals surface area contributed by atoms with E-state index in [4.69, 9.17) is 11.6 Å². The van der Waals surface area contributed by atoms with Crippen LogP contribution in [0.3, 0.4) is 0 Å². The van der Waals surface area contributed by atoms with E-state index in [2.05, 4.69) is 9.97 Å². The van der Waals surface area contributed by atoms with Gasteiger partial charge in [-0.1, -0.05) is 48.0 Å². The Morgan fingerprint density at radius 2 is 1.96 bits per heavy atom. The number of benzene rings is 2. The molecule has 0 aliphatic carbocycles. The third-order valence-electron chi connectivity index (χ3n) is 4.59. The third kappa shape index (κ3) is 2.79. The SMILES string of the molecule is O=C(O)C(Cc1ccccc1)(c1ccc2[nH]cnc2c1)c1ccc(Cl)s1. The minimum atomic E-state index is -1.23. The number of H-pyrrole nitrogens is 1. The number of hydrogen-bond donors (Lipinski definition) is 2. The maximum absolute atomic E-state index is 12.6. The Bertz CT molecular complexity index is 1070. The minimum absolute atomic E-state index is 0.329. The van der Waals surface area contributed by atoms with Gasteiger partial charge >= 0.3 is 5.97 Å². The van der Waals surface area contributed by atoms with E-state index in [-0.39, 0.29) is 0 Å². The Hall–Kier alpha value is -2.63. The molecule has 4 aromatic rings. The molecule has 6 heteroatoms. The van der Waals surface area contributed by atoms with Crippen LogP contribution in [0.25, 0.3) is 11.0 Å². The number of aliphatic carboxylic acids is 1. The van der Waals surface area contributed by atoms with Crippen LogP contribution in [0.15, 0.2) is 67.0 Å². The number of imidazole rings is 1. The average Bonchev–Trinajstić information content (AvgIpc) is 3.28. The fourth-order valence-corrected chi connectivity index (χ4v) is 4.53. The standard InChI is InChI=1S/C20H15ClN2O2S/c21-18-9-8-17(26-18)20(19(24)25,11-13-4-2-1-3-5-13)14-6-7-15-16(10-14)23-12-22-15/h1-10,12H,11H2,(H,22,23)(H,24,25). The van der Waals surface area contributed by atoms with Crippen molar-refractivity contribution in [3.05, 3.63) is 87.3 Å². The summed E-state index contributed by atoms with van der Waals surface area (Å²) in [6, 6.07) is 18.8. The van der Waals surface area contributed by atoms with Crippen molar-refractivity contribution in [2.75, 3.05) is 0 Å². The van der Waals surface area contributed by atoms with Gasteiger partial charge in [-0.3, -0.25) is 4.79 Å². The van der Waals surface area contributed by atoms with Gasteiger partial charge in [-0.05, 0) is 41.8 Å². The molecular weight excluding hydrogens is 368 g/mol. The summed E-state index contributed by atoms with van der Waals surface area (Å²) in [7, 11) is 0. The van der Waals surface area contributed by atoms with Gasteiger partial charge in [0.05, 0.1) is 21.7 Å². The zero-order valence-electron chi connectivity index (χ0n) is 13.6. The molecule has 0 amide bonds. The van der Waals surface area contributed by atoms with Crippen LogP contribution < -0.4 is 0 Å². The number of fused-ring (bicyclic) bond motifs is 1. The van der Waals surface area contributed by atoms with E-state index in [0.717, 1.165) is 16.6 Å². The summed E-state index contributed by atoms with van der Waals surface area (Å²) in [5.74, 6) is -0.908. The number of hydrogen-bond acceptors (Lipinski definition) is 3. The smallest absolute Gasteiger partial charge is 0.319 e. The number of rotatable bonds is 5. The van der Waals surface area contributed by atoms with Crippen molar-refractivity contribution in [3.8, 4) is 0 Å². The molecule has 0 aliphatic heterocycles. The van der Waals surface area contributed by atoms with E-state index in [9.17, 15) is 9.90 Å². The molecule has 1 atom stereocenters. The number of nitrogens with one attached hydrogen (secondary N) is 1. The Morgan fingerprint density at radius 1 is 1.15 bits per heavy atom. The summed E-state index contributed by atoms with van der Waals surface area (Å²) >= 11 is 7.45. The Kier molecular flexibility index (Phi) is 4.26. The first kappa shape index (κ1) is 16.8. The first-order valence-electron chi connectivity index (χ1n) is 8.06. The number of carbonyl (C=O) groups is 1. The highest BCUT2D eigenvalue weighted by Gasteiger charge is 2.44. The van der Waals surface area contributed by atoms with Gasteiger partial charge in [0.15, 0.2) is 0 Å². The van der Waals surface area contributed by atoms with Gasteiger partial charge in [0.2, 0.25) is 0 Å². The largest absolute Gasteiger partial charge is 0.480 e. The Balaban J connectivity index is 1.96. The van der Waals surface area contributed by atoms with Gasteiger partial charge in [0, 0.05) is 4.88 Å². The lowest BCUT2D eigenvalue weighted by Gasteiger charge is -2.29. The van der Waals surface area contributed by atoms with E-state index in [1.54, 1.807) is 18.5 Å². The van der Waals surface area contributed by atoms with E-state index in [1.165, 1.54) is 11.3 Å². The van der Waals surface area contributed by atoms with E-state index >= 15 is 0 Å². The number of thiophene rings is 1. The van der Waals surface area contributed by atoms with Crippen LogP contribution in [0.1, 0.15) is 16.0 Å². The van der Waals surface area contributed by atoms with Crippen molar-refractivity contribution in [1.29, 1.82) is 0 Å². The van der Waals surface area contributed by atoms with Crippen LogP contribution in [0.5, 0.6) is 0 Å². The Morgan fingerprint density at radius 3 is 2.65 bits per heavy atom. The van der Waals surface area contributed by atoms with Crippen LogP contribution in [-0.2, 0) is 16.6 Å². The summed E-state index contributed by atoms with van der Waals surface area (Å²) < 4.78 is 0.569. The molecule has 0 fully saturated rings. The second kappa shape index (κ2) is 6.59. The summed E-state index contributed by atoms with van der Waals surface area (Å²) in [6.45, 7) is 0. The van der Waals surface area contributed by atoms with Crippen LogP contribution in [0, 0.1) is 0 Å². The molecule has 0 radical (unpaired) electrons. The topological polar surface area (TPSA) is 66.0 Å². The molecule has 2 N–H and O–H groups in total. The highest BCUT2D eigenvalue weighted by atomic mass is 35.5. The molecule has 0 saturated heterocycles. The normalized spacial score (nSPS) is 13.6. The van der Waals surface area contributed by atoms with Crippen molar-refractivity contribution < 1.29 is 9.90 Å². The van der Waals surface area contributed by atoms with E-state index in [0.29, 0.717) is 21.2 Å². The lowest BCUT2D eigenvalue weighted by Crippen LogP contribution is -2.38. The summed E-state index contributed by atoms with van der Waals surface area (Å²) in [6.07, 6.45) is 1.94. The molecule has 0 aliphatic rings. The first-order valence-corrected chi connectivity index (χ1v) is 9.26. The molecule has 26 heavy (non-hydrogen) atoms. The van der Waals surface area contributed by atoms with Crippen molar-refractivity contribution in [3.63, 3.8) is 0 Å². The Labute approximate surface area is 159 Å². The van der Waals surface area contributed by atoms with Crippen molar-refractivity contribution >= 4 is 39.9 Å². The fourth-order valence-electron chi connectivity index (χ4n) is 3.28. The summed E-state index contributed by atoms with van der Waals surface area (Å²) in [4.78, 5) is 20.7. The van der Waals surface area contributed by atoms with Crippen LogP contribution in [0.4, 0.5) is 0 Å². The number of nitrogens with zero attached hydrogens (tertiary/aromatic N) is 1. The monoisotopic (exact) mass is 382 g/mol. The van der Waals surface area contributed by atoms with Gasteiger partial charge in [-0.25, -0.2) is 4.98 Å². The van der Waals surface area contributed by atoms with Crippen LogP contribution >= 0.6 is 22.9 Å². The molecule has 1 unspecified atom stereocenters. The summed E-state index contributed by atoms with van der Waals surface area (Å²) in [5, 5.41) is 10.4. The van der Waals surface area contributed by atoms with Gasteiger partial charge in [-0.2, -0.15) is 0 Å². The predicted molar refractivity (Wildman–Crippen MR) is 104 cm³/mol. The van der Waals surface area contributed by atoms with Crippen LogP contribution in [-0.4, -0.2) is 21.0 Å².